The Morgan fingerprint density at radius 1 is 1.71 bits per heavy atom. The van der Waals surface area contributed by atoms with Crippen LogP contribution in [0.5, 0.6) is 0 Å². The molecule has 1 aromatic rings. The average Bonchev–Trinajstić information content (AvgIpc) is 2.73. The van der Waals surface area contributed by atoms with E-state index in [9.17, 15) is 9.59 Å². The first-order chi connectivity index (χ1) is 8.09. The number of carboxylic acid groups (broad SMARTS) is 1. The smallest absolute Gasteiger partial charge is 0.372 e. The van der Waals surface area contributed by atoms with Gasteiger partial charge in [-0.15, -0.1) is 0 Å². The summed E-state index contributed by atoms with van der Waals surface area (Å²) in [6.07, 6.45) is 1.35. The summed E-state index contributed by atoms with van der Waals surface area (Å²) in [6.45, 7) is 3.50. The van der Waals surface area contributed by atoms with Crippen molar-refractivity contribution >= 4 is 11.9 Å². The number of furan rings is 1. The van der Waals surface area contributed by atoms with Crippen LogP contribution in [0.2, 0.25) is 0 Å². The molecule has 2 N–H and O–H groups in total. The van der Waals surface area contributed by atoms with Gasteiger partial charge in [-0.3, -0.25) is 9.69 Å². The lowest BCUT2D eigenvalue weighted by atomic mass is 10.1. The molecule has 1 saturated heterocycles. The highest BCUT2D eigenvalue weighted by molar-refractivity contribution is 5.86. The Morgan fingerprint density at radius 2 is 2.47 bits per heavy atom. The van der Waals surface area contributed by atoms with Crippen molar-refractivity contribution in [1.82, 2.24) is 10.2 Å². The fourth-order valence-electron chi connectivity index (χ4n) is 1.91. The van der Waals surface area contributed by atoms with Crippen molar-refractivity contribution in [3.63, 3.8) is 0 Å². The second-order valence-corrected chi connectivity index (χ2v) is 4.02. The van der Waals surface area contributed by atoms with Gasteiger partial charge in [0.2, 0.25) is 11.7 Å². The number of amides is 1. The van der Waals surface area contributed by atoms with Crippen molar-refractivity contribution in [2.45, 2.75) is 19.5 Å². The highest BCUT2D eigenvalue weighted by atomic mass is 16.4. The molecule has 2 rings (SSSR count). The van der Waals surface area contributed by atoms with Gasteiger partial charge in [-0.1, -0.05) is 0 Å². The lowest BCUT2D eigenvalue weighted by molar-refractivity contribution is -0.128. The lowest BCUT2D eigenvalue weighted by Gasteiger charge is -2.32. The number of aromatic carboxylic acids is 1. The van der Waals surface area contributed by atoms with Gasteiger partial charge < -0.3 is 14.8 Å². The predicted molar refractivity (Wildman–Crippen MR) is 58.5 cm³/mol. The van der Waals surface area contributed by atoms with Gasteiger partial charge in [0.1, 0.15) is 0 Å². The molecule has 1 unspecified atom stereocenters. The second-order valence-electron chi connectivity index (χ2n) is 4.02. The summed E-state index contributed by atoms with van der Waals surface area (Å²) < 4.78 is 4.90. The van der Waals surface area contributed by atoms with Crippen molar-refractivity contribution in [2.75, 3.05) is 13.1 Å². The number of nitrogens with one attached hydrogen (secondary N) is 1. The highest BCUT2D eigenvalue weighted by Crippen LogP contribution is 2.16. The van der Waals surface area contributed by atoms with E-state index in [4.69, 9.17) is 9.52 Å². The maximum atomic E-state index is 11.5. The van der Waals surface area contributed by atoms with E-state index in [0.717, 1.165) is 0 Å². The number of carbonyl (C=O) groups is 2. The van der Waals surface area contributed by atoms with Gasteiger partial charge in [-0.05, 0) is 13.0 Å². The van der Waals surface area contributed by atoms with E-state index in [1.807, 2.05) is 4.90 Å². The molecule has 2 heterocycles. The molecule has 0 aliphatic carbocycles. The minimum absolute atomic E-state index is 0.0309. The Hall–Kier alpha value is -1.82. The van der Waals surface area contributed by atoms with Crippen molar-refractivity contribution < 1.29 is 19.1 Å². The molecule has 92 valence electrons. The van der Waals surface area contributed by atoms with Gasteiger partial charge in [0, 0.05) is 25.2 Å². The molecule has 1 aliphatic rings. The first kappa shape index (κ1) is 11.7. The zero-order valence-corrected chi connectivity index (χ0v) is 9.47. The molecule has 1 atom stereocenters. The monoisotopic (exact) mass is 238 g/mol. The zero-order chi connectivity index (χ0) is 12.4. The largest absolute Gasteiger partial charge is 0.475 e. The first-order valence-electron chi connectivity index (χ1n) is 5.41. The van der Waals surface area contributed by atoms with Crippen LogP contribution in [0.25, 0.3) is 0 Å². The molecule has 1 aliphatic heterocycles. The Bertz CT molecular complexity index is 440. The molecular formula is C11H14N2O4. The summed E-state index contributed by atoms with van der Waals surface area (Å²) in [5.41, 5.74) is 0.596. The third-order valence-electron chi connectivity index (χ3n) is 2.94. The van der Waals surface area contributed by atoms with Crippen LogP contribution in [0.3, 0.4) is 0 Å². The molecule has 6 heteroatoms. The summed E-state index contributed by atoms with van der Waals surface area (Å²) in [5.74, 6) is -1.17. The van der Waals surface area contributed by atoms with Gasteiger partial charge in [0.15, 0.2) is 0 Å². The topological polar surface area (TPSA) is 82.8 Å². The fraction of sp³-hybridized carbons (Fsp3) is 0.455. The number of carboxylic acids is 1. The standard InChI is InChI=1S/C11H14N2O4/c1-7-10(14)12-3-4-13(7)6-8-2-5-17-9(8)11(15)16/h2,5,7H,3-4,6H2,1H3,(H,12,14)(H,15,16). The van der Waals surface area contributed by atoms with Crippen molar-refractivity contribution in [3.05, 3.63) is 23.7 Å². The van der Waals surface area contributed by atoms with E-state index in [2.05, 4.69) is 5.32 Å². The van der Waals surface area contributed by atoms with Crippen LogP contribution in [-0.4, -0.2) is 41.0 Å². The number of rotatable bonds is 3. The molecule has 0 bridgehead atoms. The molecule has 0 aromatic carbocycles. The van der Waals surface area contributed by atoms with E-state index in [1.165, 1.54) is 6.26 Å². The number of hydrogen-bond acceptors (Lipinski definition) is 4. The minimum atomic E-state index is -1.08. The summed E-state index contributed by atoms with van der Waals surface area (Å²) in [5, 5.41) is 11.7. The Labute approximate surface area is 98.2 Å². The van der Waals surface area contributed by atoms with E-state index in [0.29, 0.717) is 25.2 Å². The van der Waals surface area contributed by atoms with E-state index in [1.54, 1.807) is 13.0 Å². The predicted octanol–water partition coefficient (Wildman–Crippen LogP) is 0.298. The normalized spacial score (nSPS) is 21.2. The number of hydrogen-bond donors (Lipinski definition) is 2. The number of piperazine rings is 1. The second kappa shape index (κ2) is 4.58. The van der Waals surface area contributed by atoms with Crippen LogP contribution in [0.4, 0.5) is 0 Å². The summed E-state index contributed by atoms with van der Waals surface area (Å²) in [6, 6.07) is 1.38. The van der Waals surface area contributed by atoms with E-state index >= 15 is 0 Å². The zero-order valence-electron chi connectivity index (χ0n) is 9.47. The van der Waals surface area contributed by atoms with Gasteiger partial charge >= 0.3 is 5.97 Å². The highest BCUT2D eigenvalue weighted by Gasteiger charge is 2.27. The van der Waals surface area contributed by atoms with Crippen LogP contribution >= 0.6 is 0 Å². The third-order valence-corrected chi connectivity index (χ3v) is 2.94. The minimum Gasteiger partial charge on any atom is -0.475 e. The molecule has 1 fully saturated rings. The summed E-state index contributed by atoms with van der Waals surface area (Å²) in [4.78, 5) is 24.3. The van der Waals surface area contributed by atoms with Crippen LogP contribution < -0.4 is 5.32 Å². The Morgan fingerprint density at radius 3 is 3.18 bits per heavy atom. The summed E-state index contributed by atoms with van der Waals surface area (Å²) in [7, 11) is 0. The van der Waals surface area contributed by atoms with Crippen molar-refractivity contribution in [2.24, 2.45) is 0 Å². The summed E-state index contributed by atoms with van der Waals surface area (Å²) >= 11 is 0. The lowest BCUT2D eigenvalue weighted by Crippen LogP contribution is -2.53. The third kappa shape index (κ3) is 2.31. The molecule has 0 radical (unpaired) electrons. The molecule has 0 spiro atoms. The average molecular weight is 238 g/mol. The van der Waals surface area contributed by atoms with Crippen molar-refractivity contribution in [1.29, 1.82) is 0 Å². The van der Waals surface area contributed by atoms with Crippen LogP contribution in [0.1, 0.15) is 23.0 Å². The molecule has 1 aromatic heterocycles. The van der Waals surface area contributed by atoms with Crippen LogP contribution in [-0.2, 0) is 11.3 Å². The molecule has 17 heavy (non-hydrogen) atoms. The number of nitrogens with zero attached hydrogens (tertiary/aromatic N) is 1. The van der Waals surface area contributed by atoms with Gasteiger partial charge in [0.25, 0.3) is 0 Å². The molecule has 6 nitrogen and oxygen atoms in total. The first-order valence-corrected chi connectivity index (χ1v) is 5.41. The fourth-order valence-corrected chi connectivity index (χ4v) is 1.91. The molecule has 1 amide bonds. The van der Waals surface area contributed by atoms with Crippen molar-refractivity contribution in [3.8, 4) is 0 Å². The molecule has 0 saturated carbocycles. The SMILES string of the molecule is CC1C(=O)NCCN1Cc1ccoc1C(=O)O. The van der Waals surface area contributed by atoms with E-state index < -0.39 is 5.97 Å². The number of carbonyl (C=O) groups excluding carboxylic acids is 1. The molecular weight excluding hydrogens is 224 g/mol. The van der Waals surface area contributed by atoms with E-state index in [-0.39, 0.29) is 17.7 Å². The van der Waals surface area contributed by atoms with Gasteiger partial charge in [0.05, 0.1) is 12.3 Å². The maximum absolute atomic E-state index is 11.5. The van der Waals surface area contributed by atoms with Crippen LogP contribution in [0.15, 0.2) is 16.7 Å². The van der Waals surface area contributed by atoms with Gasteiger partial charge in [-0.2, -0.15) is 0 Å². The Kier molecular flexibility index (Phi) is 3.14. The van der Waals surface area contributed by atoms with Crippen LogP contribution in [0, 0.1) is 0 Å². The quantitative estimate of drug-likeness (QED) is 0.791. The maximum Gasteiger partial charge on any atom is 0.372 e. The van der Waals surface area contributed by atoms with Gasteiger partial charge in [-0.25, -0.2) is 4.79 Å². The Balaban J connectivity index is 2.12.